The van der Waals surface area contributed by atoms with Crippen molar-refractivity contribution in [3.63, 3.8) is 0 Å². The number of aromatic nitrogens is 2. The maximum atomic E-state index is 4.51. The van der Waals surface area contributed by atoms with Crippen molar-refractivity contribution in [3.05, 3.63) is 45.7 Å². The van der Waals surface area contributed by atoms with Crippen LogP contribution in [0.2, 0.25) is 0 Å². The highest BCUT2D eigenvalue weighted by Crippen LogP contribution is 2.22. The van der Waals surface area contributed by atoms with E-state index in [2.05, 4.69) is 64.5 Å². The fraction of sp³-hybridized carbons (Fsp3) is 0.438. The van der Waals surface area contributed by atoms with Crippen molar-refractivity contribution < 1.29 is 0 Å². The predicted molar refractivity (Wildman–Crippen MR) is 88.1 cm³/mol. The molecule has 2 aromatic rings. The van der Waals surface area contributed by atoms with Crippen molar-refractivity contribution in [1.82, 2.24) is 9.78 Å². The van der Waals surface area contributed by atoms with Gasteiger partial charge in [0.1, 0.15) is 0 Å². The summed E-state index contributed by atoms with van der Waals surface area (Å²) in [5.41, 5.74) is 4.79. The minimum Gasteiger partial charge on any atom is -0.379 e. The van der Waals surface area contributed by atoms with Crippen LogP contribution >= 0.6 is 15.9 Å². The Morgan fingerprint density at radius 1 is 1.20 bits per heavy atom. The highest BCUT2D eigenvalue weighted by atomic mass is 79.9. The van der Waals surface area contributed by atoms with Crippen LogP contribution in [0.4, 0.5) is 5.69 Å². The summed E-state index contributed by atoms with van der Waals surface area (Å²) in [5, 5.41) is 7.98. The Kier molecular flexibility index (Phi) is 5.24. The molecule has 20 heavy (non-hydrogen) atoms. The predicted octanol–water partition coefficient (Wildman–Crippen LogP) is 4.54. The minimum absolute atomic E-state index is 0.780. The van der Waals surface area contributed by atoms with Crippen LogP contribution in [0.15, 0.2) is 28.7 Å². The first-order valence-electron chi connectivity index (χ1n) is 7.20. The zero-order valence-electron chi connectivity index (χ0n) is 12.4. The third-order valence-corrected chi connectivity index (χ3v) is 4.44. The number of hydrogen-bond donors (Lipinski definition) is 1. The molecular weight excluding hydrogens is 314 g/mol. The van der Waals surface area contributed by atoms with Gasteiger partial charge in [0.15, 0.2) is 0 Å². The zero-order valence-corrected chi connectivity index (χ0v) is 14.0. The van der Waals surface area contributed by atoms with E-state index in [1.807, 2.05) is 11.6 Å². The van der Waals surface area contributed by atoms with Gasteiger partial charge in [-0.3, -0.25) is 4.68 Å². The Bertz CT molecular complexity index is 558. The first-order chi connectivity index (χ1) is 9.65. The van der Waals surface area contributed by atoms with E-state index in [1.165, 1.54) is 17.7 Å². The largest absolute Gasteiger partial charge is 0.379 e. The molecule has 0 aliphatic rings. The van der Waals surface area contributed by atoms with Crippen molar-refractivity contribution in [2.75, 3.05) is 5.32 Å². The number of hydrogen-bond acceptors (Lipinski definition) is 2. The molecule has 4 heteroatoms. The maximum Gasteiger partial charge on any atom is 0.0739 e. The van der Waals surface area contributed by atoms with Crippen molar-refractivity contribution in [3.8, 4) is 0 Å². The third-order valence-electron chi connectivity index (χ3n) is 3.41. The van der Waals surface area contributed by atoms with Gasteiger partial charge in [0.25, 0.3) is 0 Å². The molecule has 0 unspecified atom stereocenters. The first kappa shape index (κ1) is 15.1. The van der Waals surface area contributed by atoms with E-state index in [0.29, 0.717) is 0 Å². The monoisotopic (exact) mass is 335 g/mol. The van der Waals surface area contributed by atoms with Gasteiger partial charge >= 0.3 is 0 Å². The highest BCUT2D eigenvalue weighted by molar-refractivity contribution is 9.10. The van der Waals surface area contributed by atoms with E-state index < -0.39 is 0 Å². The van der Waals surface area contributed by atoms with Crippen LogP contribution in [0.25, 0.3) is 0 Å². The lowest BCUT2D eigenvalue weighted by Crippen LogP contribution is -2.08. The third kappa shape index (κ3) is 3.42. The average molecular weight is 336 g/mol. The SMILES string of the molecule is CCCc1ccc(NCc2c(Br)c(C)nn2CC)cc1. The fourth-order valence-corrected chi connectivity index (χ4v) is 2.73. The molecule has 0 amide bonds. The summed E-state index contributed by atoms with van der Waals surface area (Å²) in [6, 6.07) is 8.70. The maximum absolute atomic E-state index is 4.51. The number of halogens is 1. The molecule has 1 N–H and O–H groups in total. The normalized spacial score (nSPS) is 10.8. The number of nitrogens with one attached hydrogen (secondary N) is 1. The van der Waals surface area contributed by atoms with E-state index >= 15 is 0 Å². The number of anilines is 1. The van der Waals surface area contributed by atoms with Crippen molar-refractivity contribution in [1.29, 1.82) is 0 Å². The number of rotatable bonds is 6. The molecule has 0 saturated heterocycles. The standard InChI is InChI=1S/C16H22BrN3/c1-4-6-13-7-9-14(10-8-13)18-11-15-16(17)12(3)19-20(15)5-2/h7-10,18H,4-6,11H2,1-3H3. The van der Waals surface area contributed by atoms with Crippen LogP contribution in [0.3, 0.4) is 0 Å². The van der Waals surface area contributed by atoms with Crippen molar-refractivity contribution >= 4 is 21.6 Å². The molecule has 0 radical (unpaired) electrons. The number of benzene rings is 1. The van der Waals surface area contributed by atoms with Gasteiger partial charge in [-0.1, -0.05) is 25.5 Å². The van der Waals surface area contributed by atoms with Crippen molar-refractivity contribution in [2.24, 2.45) is 0 Å². The van der Waals surface area contributed by atoms with Crippen LogP contribution < -0.4 is 5.32 Å². The molecule has 1 aromatic heterocycles. The molecule has 0 aliphatic carbocycles. The molecule has 2 rings (SSSR count). The molecule has 0 bridgehead atoms. The Morgan fingerprint density at radius 3 is 2.50 bits per heavy atom. The van der Waals surface area contributed by atoms with Gasteiger partial charge in [0.05, 0.1) is 22.4 Å². The molecule has 108 valence electrons. The lowest BCUT2D eigenvalue weighted by atomic mass is 10.1. The zero-order chi connectivity index (χ0) is 14.5. The van der Waals surface area contributed by atoms with Crippen LogP contribution in [0, 0.1) is 6.92 Å². The van der Waals surface area contributed by atoms with E-state index in [4.69, 9.17) is 0 Å². The Balaban J connectivity index is 2.05. The van der Waals surface area contributed by atoms with Gasteiger partial charge in [-0.2, -0.15) is 5.10 Å². The molecule has 0 saturated carbocycles. The second-order valence-electron chi connectivity index (χ2n) is 4.96. The average Bonchev–Trinajstić information content (AvgIpc) is 2.74. The Morgan fingerprint density at radius 2 is 1.90 bits per heavy atom. The van der Waals surface area contributed by atoms with Gasteiger partial charge < -0.3 is 5.32 Å². The number of nitrogens with zero attached hydrogens (tertiary/aromatic N) is 2. The lowest BCUT2D eigenvalue weighted by molar-refractivity contribution is 0.622. The summed E-state index contributed by atoms with van der Waals surface area (Å²) >= 11 is 3.62. The minimum atomic E-state index is 0.780. The van der Waals surface area contributed by atoms with E-state index in [0.717, 1.165) is 35.4 Å². The summed E-state index contributed by atoms with van der Waals surface area (Å²) in [7, 11) is 0. The highest BCUT2D eigenvalue weighted by Gasteiger charge is 2.11. The first-order valence-corrected chi connectivity index (χ1v) is 7.99. The van der Waals surface area contributed by atoms with Gasteiger partial charge in [0, 0.05) is 12.2 Å². The summed E-state index contributed by atoms with van der Waals surface area (Å²) in [4.78, 5) is 0. The summed E-state index contributed by atoms with van der Waals surface area (Å²) in [5.74, 6) is 0. The van der Waals surface area contributed by atoms with Gasteiger partial charge in [-0.25, -0.2) is 0 Å². The lowest BCUT2D eigenvalue weighted by Gasteiger charge is -2.09. The molecule has 0 aliphatic heterocycles. The van der Waals surface area contributed by atoms with E-state index in [9.17, 15) is 0 Å². The molecule has 1 heterocycles. The summed E-state index contributed by atoms with van der Waals surface area (Å²) < 4.78 is 3.15. The van der Waals surface area contributed by atoms with Gasteiger partial charge in [-0.15, -0.1) is 0 Å². The molecule has 0 fully saturated rings. The summed E-state index contributed by atoms with van der Waals surface area (Å²) in [6.07, 6.45) is 2.34. The number of aryl methyl sites for hydroxylation is 3. The smallest absolute Gasteiger partial charge is 0.0739 e. The Labute approximate surface area is 129 Å². The van der Waals surface area contributed by atoms with Crippen LogP contribution in [-0.4, -0.2) is 9.78 Å². The van der Waals surface area contributed by atoms with E-state index in [1.54, 1.807) is 0 Å². The molecule has 0 atom stereocenters. The quantitative estimate of drug-likeness (QED) is 0.839. The molecule has 0 spiro atoms. The van der Waals surface area contributed by atoms with Gasteiger partial charge in [0.2, 0.25) is 0 Å². The van der Waals surface area contributed by atoms with E-state index in [-0.39, 0.29) is 0 Å². The molecular formula is C16H22BrN3. The van der Waals surface area contributed by atoms with Crippen LogP contribution in [0.5, 0.6) is 0 Å². The van der Waals surface area contributed by atoms with Crippen LogP contribution in [-0.2, 0) is 19.5 Å². The topological polar surface area (TPSA) is 29.9 Å². The van der Waals surface area contributed by atoms with Crippen LogP contribution in [0.1, 0.15) is 37.2 Å². The fourth-order valence-electron chi connectivity index (χ4n) is 2.30. The second kappa shape index (κ2) is 6.93. The van der Waals surface area contributed by atoms with Crippen molar-refractivity contribution in [2.45, 2.75) is 46.7 Å². The summed E-state index contributed by atoms with van der Waals surface area (Å²) in [6.45, 7) is 8.01. The molecule has 1 aromatic carbocycles. The Hall–Kier alpha value is -1.29. The second-order valence-corrected chi connectivity index (χ2v) is 5.76. The van der Waals surface area contributed by atoms with Gasteiger partial charge in [-0.05, 0) is 53.9 Å². The molecule has 3 nitrogen and oxygen atoms in total.